The molecule has 9 heteroatoms. The van der Waals surface area contributed by atoms with Crippen molar-refractivity contribution in [3.05, 3.63) is 142 Å². The van der Waals surface area contributed by atoms with Crippen LogP contribution < -0.4 is 10.3 Å². The van der Waals surface area contributed by atoms with E-state index in [-0.39, 0.29) is 23.8 Å². The molecule has 1 aromatic heterocycles. The number of fused-ring (bicyclic) bond motifs is 1. The molecule has 296 valence electrons. The van der Waals surface area contributed by atoms with Crippen LogP contribution in [0.4, 0.5) is 0 Å². The van der Waals surface area contributed by atoms with Crippen molar-refractivity contribution in [2.45, 2.75) is 88.9 Å². The molecule has 1 fully saturated rings. The Labute approximate surface area is 329 Å². The smallest absolute Gasteiger partial charge is 0.347 e. The van der Waals surface area contributed by atoms with E-state index in [4.69, 9.17) is 9.47 Å². The molecule has 1 aliphatic rings. The fraction of sp³-hybridized carbons (Fsp3) is 0.404. The molecule has 0 saturated carbocycles. The number of likely N-dealkylation sites (tertiary alicyclic amines) is 1. The Kier molecular flexibility index (Phi) is 14.7. The number of aromatic amines is 1. The number of carbonyl (C=O) groups is 1. The van der Waals surface area contributed by atoms with Crippen molar-refractivity contribution in [1.29, 1.82) is 0 Å². The average Bonchev–Trinajstić information content (AvgIpc) is 3.23. The number of rotatable bonds is 20. The lowest BCUT2D eigenvalue weighted by Gasteiger charge is -2.33. The Hall–Kier alpha value is -4.96. The first-order valence-corrected chi connectivity index (χ1v) is 20.3. The van der Waals surface area contributed by atoms with Gasteiger partial charge in [-0.25, -0.2) is 4.79 Å². The molecular formula is C47H56N2O7. The molecular weight excluding hydrogens is 705 g/mol. The number of phenols is 1. The summed E-state index contributed by atoms with van der Waals surface area (Å²) in [5.41, 5.74) is 1.00. The first-order valence-electron chi connectivity index (χ1n) is 20.3. The van der Waals surface area contributed by atoms with Crippen LogP contribution in [0.5, 0.6) is 11.5 Å². The quantitative estimate of drug-likeness (QED) is 0.0459. The van der Waals surface area contributed by atoms with Gasteiger partial charge in [-0.1, -0.05) is 124 Å². The van der Waals surface area contributed by atoms with Crippen LogP contribution in [0.3, 0.4) is 0 Å². The Bertz CT molecular complexity index is 2030. The maximum absolute atomic E-state index is 13.8. The van der Waals surface area contributed by atoms with Gasteiger partial charge < -0.3 is 29.8 Å². The number of ether oxygens (including phenoxy) is 2. The number of nitrogens with one attached hydrogen (secondary N) is 1. The number of phenolic OH excluding ortho intramolecular Hbond substituents is 1. The molecule has 0 unspecified atom stereocenters. The van der Waals surface area contributed by atoms with Crippen LogP contribution in [0, 0.1) is 5.92 Å². The minimum Gasteiger partial charge on any atom is -0.506 e. The number of pyridine rings is 1. The molecule has 6 rings (SSSR count). The number of benzene rings is 4. The van der Waals surface area contributed by atoms with Crippen molar-refractivity contribution < 1.29 is 29.6 Å². The van der Waals surface area contributed by atoms with Crippen molar-refractivity contribution >= 4 is 16.9 Å². The van der Waals surface area contributed by atoms with Crippen molar-refractivity contribution in [2.24, 2.45) is 5.92 Å². The van der Waals surface area contributed by atoms with E-state index in [9.17, 15) is 24.9 Å². The zero-order valence-corrected chi connectivity index (χ0v) is 32.3. The van der Waals surface area contributed by atoms with Crippen molar-refractivity contribution in [1.82, 2.24) is 9.88 Å². The van der Waals surface area contributed by atoms with Crippen LogP contribution in [-0.4, -0.2) is 57.5 Å². The summed E-state index contributed by atoms with van der Waals surface area (Å²) >= 11 is 0. The minimum absolute atomic E-state index is 0.00256. The van der Waals surface area contributed by atoms with Gasteiger partial charge in [0.25, 0.3) is 0 Å². The zero-order chi connectivity index (χ0) is 39.2. The van der Waals surface area contributed by atoms with Crippen LogP contribution in [-0.2, 0) is 21.7 Å². The summed E-state index contributed by atoms with van der Waals surface area (Å²) < 4.78 is 12.0. The maximum Gasteiger partial charge on any atom is 0.347 e. The predicted molar refractivity (Wildman–Crippen MR) is 220 cm³/mol. The molecule has 4 aromatic carbocycles. The molecule has 0 aliphatic carbocycles. The minimum atomic E-state index is -1.96. The Balaban J connectivity index is 0.897. The van der Waals surface area contributed by atoms with Gasteiger partial charge in [0.2, 0.25) is 11.2 Å². The number of aliphatic hydroxyl groups excluding tert-OH is 1. The number of hydrogen-bond donors (Lipinski definition) is 4. The summed E-state index contributed by atoms with van der Waals surface area (Å²) in [6.45, 7) is 3.62. The van der Waals surface area contributed by atoms with Crippen LogP contribution in [0.1, 0.15) is 99.0 Å². The molecule has 56 heavy (non-hydrogen) atoms. The van der Waals surface area contributed by atoms with E-state index >= 15 is 0 Å². The monoisotopic (exact) mass is 760 g/mol. The lowest BCUT2D eigenvalue weighted by Crippen LogP contribution is -2.40. The summed E-state index contributed by atoms with van der Waals surface area (Å²) in [4.78, 5) is 30.5. The van der Waals surface area contributed by atoms with Crippen LogP contribution in [0.15, 0.2) is 114 Å². The highest BCUT2D eigenvalue weighted by atomic mass is 16.5. The second-order valence-corrected chi connectivity index (χ2v) is 15.2. The molecule has 1 aliphatic heterocycles. The van der Waals surface area contributed by atoms with E-state index in [1.54, 1.807) is 36.4 Å². The number of H-pyrrole nitrogens is 1. The second kappa shape index (κ2) is 20.3. The molecule has 0 radical (unpaired) electrons. The molecule has 1 saturated heterocycles. The number of hydrogen-bond acceptors (Lipinski definition) is 8. The van der Waals surface area contributed by atoms with Gasteiger partial charge in [0.15, 0.2) is 0 Å². The number of carbonyl (C=O) groups excluding carboxylic acids is 1. The van der Waals surface area contributed by atoms with Crippen molar-refractivity contribution in [2.75, 3.05) is 26.3 Å². The van der Waals surface area contributed by atoms with Crippen LogP contribution in [0.25, 0.3) is 10.9 Å². The maximum atomic E-state index is 13.8. The summed E-state index contributed by atoms with van der Waals surface area (Å²) in [5, 5.41) is 33.7. The molecule has 5 aromatic rings. The van der Waals surface area contributed by atoms with Gasteiger partial charge in [-0.05, 0) is 85.6 Å². The first kappa shape index (κ1) is 40.7. The fourth-order valence-electron chi connectivity index (χ4n) is 7.74. The highest BCUT2D eigenvalue weighted by Crippen LogP contribution is 2.34. The summed E-state index contributed by atoms with van der Waals surface area (Å²) in [5.74, 6) is 0.172. The van der Waals surface area contributed by atoms with E-state index in [0.717, 1.165) is 83.8 Å². The van der Waals surface area contributed by atoms with Gasteiger partial charge in [-0.2, -0.15) is 0 Å². The summed E-state index contributed by atoms with van der Waals surface area (Å²) in [6, 6.07) is 32.9. The van der Waals surface area contributed by atoms with Gasteiger partial charge in [0, 0.05) is 23.6 Å². The molecule has 0 amide bonds. The van der Waals surface area contributed by atoms with E-state index < -0.39 is 17.7 Å². The molecule has 4 N–H and O–H groups in total. The second-order valence-electron chi connectivity index (χ2n) is 15.2. The van der Waals surface area contributed by atoms with E-state index in [1.165, 1.54) is 17.7 Å². The van der Waals surface area contributed by atoms with Gasteiger partial charge in [-0.15, -0.1) is 0 Å². The third kappa shape index (κ3) is 10.9. The predicted octanol–water partition coefficient (Wildman–Crippen LogP) is 8.55. The zero-order valence-electron chi connectivity index (χ0n) is 32.3. The lowest BCUT2D eigenvalue weighted by atomic mass is 9.86. The number of aromatic nitrogens is 1. The Morgan fingerprint density at radius 3 is 2.18 bits per heavy atom. The number of esters is 1. The fourth-order valence-corrected chi connectivity index (χ4v) is 7.74. The van der Waals surface area contributed by atoms with Crippen LogP contribution >= 0.6 is 0 Å². The molecule has 0 spiro atoms. The number of aliphatic hydroxyl groups is 2. The van der Waals surface area contributed by atoms with Gasteiger partial charge in [-0.3, -0.25) is 9.69 Å². The largest absolute Gasteiger partial charge is 0.506 e. The standard InChI is InChI=1S/C47H56N2O7/c50-42(40-23-25-43(51)45-41(40)24-26-44(52)48-45)22-13-5-3-1-2-4-6-14-31-55-39-21-15-20-38(32-39)47(54,37-18-11-8-12-19-37)46(53)56-34-36-27-29-49(30-28-36)33-35-16-9-7-10-17-35/h7-12,15-21,23-26,32,36,42,50-51,54H,1-6,13-14,22,27-31,33-34H2,(H,48,52)/t42-,47+/m1/s1. The van der Waals surface area contributed by atoms with Gasteiger partial charge in [0.05, 0.1) is 24.8 Å². The highest BCUT2D eigenvalue weighted by Gasteiger charge is 2.42. The van der Waals surface area contributed by atoms with E-state index in [1.807, 2.05) is 36.4 Å². The summed E-state index contributed by atoms with van der Waals surface area (Å²) in [7, 11) is 0. The third-order valence-electron chi connectivity index (χ3n) is 11.1. The van der Waals surface area contributed by atoms with Gasteiger partial charge >= 0.3 is 5.97 Å². The van der Waals surface area contributed by atoms with Crippen LogP contribution in [0.2, 0.25) is 0 Å². The van der Waals surface area contributed by atoms with Crippen molar-refractivity contribution in [3.8, 4) is 11.5 Å². The number of aromatic hydroxyl groups is 1. The highest BCUT2D eigenvalue weighted by molar-refractivity contribution is 5.87. The molecule has 2 heterocycles. The average molecular weight is 761 g/mol. The Morgan fingerprint density at radius 1 is 0.786 bits per heavy atom. The third-order valence-corrected chi connectivity index (χ3v) is 11.1. The van der Waals surface area contributed by atoms with Gasteiger partial charge in [0.1, 0.15) is 11.5 Å². The topological polar surface area (TPSA) is 132 Å². The lowest BCUT2D eigenvalue weighted by molar-refractivity contribution is -0.164. The number of unbranched alkanes of at least 4 members (excludes halogenated alkanes) is 7. The SMILES string of the molecule is O=C(OCC1CCN(Cc2ccccc2)CC1)[C@](O)(c1ccccc1)c1cccc(OCCCCCCCCCC[C@@H](O)c2ccc(O)c3[nH]c(=O)ccc23)c1. The van der Waals surface area contributed by atoms with Crippen molar-refractivity contribution in [3.63, 3.8) is 0 Å². The van der Waals surface area contributed by atoms with E-state index in [0.29, 0.717) is 46.4 Å². The normalized spacial score (nSPS) is 15.3. The Morgan fingerprint density at radius 2 is 1.45 bits per heavy atom. The molecule has 2 atom stereocenters. The van der Waals surface area contributed by atoms with E-state index in [2.05, 4.69) is 34.1 Å². The molecule has 9 nitrogen and oxygen atoms in total. The number of nitrogens with zero attached hydrogens (tertiary/aromatic N) is 1. The summed E-state index contributed by atoms with van der Waals surface area (Å²) in [6.07, 6.45) is 10.2. The number of piperidine rings is 1. The molecule has 0 bridgehead atoms. The first-order chi connectivity index (χ1) is 27.3.